The lowest BCUT2D eigenvalue weighted by atomic mass is 10.1. The number of carbonyl (C=O) groups excluding carboxylic acids is 2. The van der Waals surface area contributed by atoms with Crippen LogP contribution in [0.25, 0.3) is 0 Å². The lowest BCUT2D eigenvalue weighted by Gasteiger charge is -2.33. The summed E-state index contributed by atoms with van der Waals surface area (Å²) in [4.78, 5) is 26.9. The van der Waals surface area contributed by atoms with E-state index in [1.54, 1.807) is 43.3 Å². The summed E-state index contributed by atoms with van der Waals surface area (Å²) in [5.41, 5.74) is 1.28. The standard InChI is InChI=1S/C26H24ClFN2O4/c1-17(18-11-12-23(22(28)15-18)34-19-7-3-2-4-8-19)29-25(31)26(32)30-13-14-33-24(16-30)20-9-5-6-10-21(20)27/h2-12,15,17,24H,13-14,16H2,1H3,(H,29,31). The fraction of sp³-hybridized carbons (Fsp3) is 0.231. The number of hydrogen-bond acceptors (Lipinski definition) is 4. The Kier molecular flexibility index (Phi) is 7.45. The van der Waals surface area contributed by atoms with Crippen molar-refractivity contribution < 1.29 is 23.5 Å². The molecule has 0 bridgehead atoms. The van der Waals surface area contributed by atoms with Crippen LogP contribution in [-0.4, -0.2) is 36.4 Å². The van der Waals surface area contributed by atoms with Crippen LogP contribution in [0.5, 0.6) is 11.5 Å². The Hall–Kier alpha value is -3.42. The highest BCUT2D eigenvalue weighted by atomic mass is 35.5. The first-order valence-electron chi connectivity index (χ1n) is 10.9. The number of morpholine rings is 1. The molecule has 1 fully saturated rings. The minimum atomic E-state index is -0.766. The number of para-hydroxylation sites is 1. The third-order valence-corrected chi connectivity index (χ3v) is 5.92. The van der Waals surface area contributed by atoms with Gasteiger partial charge in [0.05, 0.1) is 19.2 Å². The lowest BCUT2D eigenvalue weighted by Crippen LogP contribution is -2.49. The molecule has 0 radical (unpaired) electrons. The predicted molar refractivity (Wildman–Crippen MR) is 126 cm³/mol. The van der Waals surface area contributed by atoms with Gasteiger partial charge in [-0.05, 0) is 42.8 Å². The average molecular weight is 483 g/mol. The highest BCUT2D eigenvalue weighted by molar-refractivity contribution is 6.35. The number of nitrogens with zero attached hydrogens (tertiary/aromatic N) is 1. The molecule has 0 aromatic heterocycles. The van der Waals surface area contributed by atoms with E-state index < -0.39 is 29.8 Å². The van der Waals surface area contributed by atoms with E-state index in [-0.39, 0.29) is 12.3 Å². The molecular weight excluding hydrogens is 459 g/mol. The minimum Gasteiger partial charge on any atom is -0.454 e. The van der Waals surface area contributed by atoms with Gasteiger partial charge >= 0.3 is 11.8 Å². The van der Waals surface area contributed by atoms with Crippen LogP contribution in [0.15, 0.2) is 72.8 Å². The molecule has 2 atom stereocenters. The Balaban J connectivity index is 1.37. The van der Waals surface area contributed by atoms with Crippen molar-refractivity contribution in [3.8, 4) is 11.5 Å². The highest BCUT2D eigenvalue weighted by Gasteiger charge is 2.30. The van der Waals surface area contributed by atoms with Gasteiger partial charge in [-0.25, -0.2) is 4.39 Å². The van der Waals surface area contributed by atoms with Gasteiger partial charge in [0, 0.05) is 17.1 Å². The summed E-state index contributed by atoms with van der Waals surface area (Å²) in [6.45, 7) is 2.48. The summed E-state index contributed by atoms with van der Waals surface area (Å²) in [5.74, 6) is -1.41. The number of rotatable bonds is 5. The first kappa shape index (κ1) is 23.7. The summed E-state index contributed by atoms with van der Waals surface area (Å²) in [7, 11) is 0. The van der Waals surface area contributed by atoms with Crippen LogP contribution in [0.3, 0.4) is 0 Å². The van der Waals surface area contributed by atoms with Crippen LogP contribution < -0.4 is 10.1 Å². The molecule has 0 saturated carbocycles. The summed E-state index contributed by atoms with van der Waals surface area (Å²) in [5, 5.41) is 3.19. The number of amides is 2. The molecule has 1 heterocycles. The number of ether oxygens (including phenoxy) is 2. The molecule has 2 amide bonds. The van der Waals surface area contributed by atoms with Crippen molar-refractivity contribution in [2.75, 3.05) is 19.7 Å². The van der Waals surface area contributed by atoms with E-state index >= 15 is 0 Å². The van der Waals surface area contributed by atoms with Gasteiger partial charge in [0.25, 0.3) is 0 Å². The normalized spacial score (nSPS) is 16.6. The minimum absolute atomic E-state index is 0.0727. The molecule has 34 heavy (non-hydrogen) atoms. The molecule has 6 nitrogen and oxygen atoms in total. The molecule has 3 aromatic carbocycles. The van der Waals surface area contributed by atoms with Crippen molar-refractivity contribution in [1.82, 2.24) is 10.2 Å². The van der Waals surface area contributed by atoms with E-state index in [1.165, 1.54) is 17.0 Å². The van der Waals surface area contributed by atoms with Crippen LogP contribution in [0, 0.1) is 5.82 Å². The lowest BCUT2D eigenvalue weighted by molar-refractivity contribution is -0.151. The molecule has 8 heteroatoms. The predicted octanol–water partition coefficient (Wildman–Crippen LogP) is 5.05. The monoisotopic (exact) mass is 482 g/mol. The molecule has 1 saturated heterocycles. The summed E-state index contributed by atoms with van der Waals surface area (Å²) < 4.78 is 25.9. The number of halogens is 2. The first-order chi connectivity index (χ1) is 16.4. The van der Waals surface area contributed by atoms with E-state index in [4.69, 9.17) is 21.1 Å². The Bertz CT molecular complexity index is 1170. The van der Waals surface area contributed by atoms with Crippen LogP contribution in [0.1, 0.15) is 30.2 Å². The van der Waals surface area contributed by atoms with Gasteiger partial charge in [0.2, 0.25) is 0 Å². The van der Waals surface area contributed by atoms with Crippen LogP contribution in [0.4, 0.5) is 4.39 Å². The Morgan fingerprint density at radius 3 is 2.59 bits per heavy atom. The summed E-state index contributed by atoms with van der Waals surface area (Å²) in [6.07, 6.45) is -0.414. The molecule has 3 aromatic rings. The Morgan fingerprint density at radius 2 is 1.85 bits per heavy atom. The molecule has 1 aliphatic heterocycles. The van der Waals surface area contributed by atoms with Gasteiger partial charge in [-0.1, -0.05) is 54.1 Å². The van der Waals surface area contributed by atoms with Gasteiger partial charge in [-0.3, -0.25) is 9.59 Å². The molecule has 0 spiro atoms. The molecule has 176 valence electrons. The number of hydrogen-bond donors (Lipinski definition) is 1. The largest absolute Gasteiger partial charge is 0.454 e. The van der Waals surface area contributed by atoms with Gasteiger partial charge in [0.1, 0.15) is 11.9 Å². The van der Waals surface area contributed by atoms with Crippen molar-refractivity contribution in [3.63, 3.8) is 0 Å². The molecular formula is C26H24ClFN2O4. The third-order valence-electron chi connectivity index (χ3n) is 5.57. The first-order valence-corrected chi connectivity index (χ1v) is 11.3. The maximum Gasteiger partial charge on any atom is 0.312 e. The molecule has 0 aliphatic carbocycles. The van der Waals surface area contributed by atoms with Crippen molar-refractivity contribution in [1.29, 1.82) is 0 Å². The zero-order valence-corrected chi connectivity index (χ0v) is 19.3. The van der Waals surface area contributed by atoms with Crippen LogP contribution >= 0.6 is 11.6 Å². The second kappa shape index (κ2) is 10.7. The maximum atomic E-state index is 14.6. The Labute approximate surface area is 202 Å². The molecule has 1 N–H and O–H groups in total. The number of nitrogens with one attached hydrogen (secondary N) is 1. The van der Waals surface area contributed by atoms with Gasteiger partial charge in [-0.15, -0.1) is 0 Å². The quantitative estimate of drug-likeness (QED) is 0.517. The van der Waals surface area contributed by atoms with Gasteiger partial charge < -0.3 is 19.7 Å². The van der Waals surface area contributed by atoms with Crippen molar-refractivity contribution >= 4 is 23.4 Å². The second-order valence-electron chi connectivity index (χ2n) is 7.93. The van der Waals surface area contributed by atoms with Crippen LogP contribution in [0.2, 0.25) is 5.02 Å². The summed E-state index contributed by atoms with van der Waals surface area (Å²) in [6, 6.07) is 20.0. The summed E-state index contributed by atoms with van der Waals surface area (Å²) >= 11 is 6.25. The average Bonchev–Trinajstić information content (AvgIpc) is 2.85. The smallest absolute Gasteiger partial charge is 0.312 e. The van der Waals surface area contributed by atoms with E-state index in [2.05, 4.69) is 5.32 Å². The van der Waals surface area contributed by atoms with E-state index in [1.807, 2.05) is 24.3 Å². The van der Waals surface area contributed by atoms with Crippen molar-refractivity contribution in [2.45, 2.75) is 19.1 Å². The molecule has 1 aliphatic rings. The van der Waals surface area contributed by atoms with Crippen LogP contribution in [-0.2, 0) is 14.3 Å². The van der Waals surface area contributed by atoms with E-state index in [0.29, 0.717) is 29.5 Å². The molecule has 4 rings (SSSR count). The maximum absolute atomic E-state index is 14.6. The SMILES string of the molecule is CC(NC(=O)C(=O)N1CCOC(c2ccccc2Cl)C1)c1ccc(Oc2ccccc2)c(F)c1. The zero-order valence-electron chi connectivity index (χ0n) is 18.5. The number of carbonyl (C=O) groups is 2. The van der Waals surface area contributed by atoms with Gasteiger partial charge in [0.15, 0.2) is 11.6 Å². The topological polar surface area (TPSA) is 67.9 Å². The highest BCUT2D eigenvalue weighted by Crippen LogP contribution is 2.29. The zero-order chi connectivity index (χ0) is 24.1. The number of benzene rings is 3. The molecule has 2 unspecified atom stereocenters. The fourth-order valence-corrected chi connectivity index (χ4v) is 3.99. The van der Waals surface area contributed by atoms with Crippen molar-refractivity contribution in [2.24, 2.45) is 0 Å². The van der Waals surface area contributed by atoms with Gasteiger partial charge in [-0.2, -0.15) is 0 Å². The Morgan fingerprint density at radius 1 is 1.12 bits per heavy atom. The third kappa shape index (κ3) is 5.55. The van der Waals surface area contributed by atoms with E-state index in [9.17, 15) is 14.0 Å². The van der Waals surface area contributed by atoms with Crippen molar-refractivity contribution in [3.05, 3.63) is 94.8 Å². The second-order valence-corrected chi connectivity index (χ2v) is 8.34. The van der Waals surface area contributed by atoms with E-state index in [0.717, 1.165) is 5.56 Å². The fourth-order valence-electron chi connectivity index (χ4n) is 3.73.